The Hall–Kier alpha value is -2.01. The molecule has 2 aromatic carbocycles. The molecule has 0 fully saturated rings. The van der Waals surface area contributed by atoms with Crippen LogP contribution in [-0.4, -0.2) is 4.98 Å². The number of nitrogens with zero attached hydrogens (tertiary/aromatic N) is 1. The summed E-state index contributed by atoms with van der Waals surface area (Å²) in [5, 5.41) is 1.33. The van der Waals surface area contributed by atoms with E-state index in [0.717, 1.165) is 16.5 Å². The van der Waals surface area contributed by atoms with Crippen molar-refractivity contribution in [3.05, 3.63) is 76.7 Å². The fourth-order valence-electron chi connectivity index (χ4n) is 2.35. The van der Waals surface area contributed by atoms with Crippen LogP contribution in [0.25, 0.3) is 10.9 Å². The Morgan fingerprint density at radius 2 is 1.95 bits per heavy atom. The summed E-state index contributed by atoms with van der Waals surface area (Å²) in [4.78, 5) is 4.41. The van der Waals surface area contributed by atoms with Crippen LogP contribution in [0.4, 0.5) is 4.39 Å². The van der Waals surface area contributed by atoms with Crippen LogP contribution in [0.5, 0.6) is 0 Å². The van der Waals surface area contributed by atoms with E-state index in [9.17, 15) is 4.39 Å². The number of nitrogens with two attached hydrogens (primary N) is 1. The highest BCUT2D eigenvalue weighted by Gasteiger charge is 2.17. The van der Waals surface area contributed by atoms with Gasteiger partial charge in [0.25, 0.3) is 0 Å². The van der Waals surface area contributed by atoms with E-state index in [-0.39, 0.29) is 11.9 Å². The normalized spacial score (nSPS) is 12.5. The molecule has 106 valence electrons. The molecule has 0 spiro atoms. The number of nitrogens with one attached hydrogen (secondary N) is 1. The summed E-state index contributed by atoms with van der Waals surface area (Å²) in [6, 6.07) is 13.7. The minimum absolute atomic E-state index is 0.325. The average Bonchev–Trinajstić information content (AvgIpc) is 2.50. The van der Waals surface area contributed by atoms with E-state index in [1.165, 1.54) is 12.1 Å². The van der Waals surface area contributed by atoms with Crippen LogP contribution < -0.4 is 11.3 Å². The Labute approximate surface area is 126 Å². The molecular weight excluding hydrogens is 289 g/mol. The molecule has 1 atom stereocenters. The summed E-state index contributed by atoms with van der Waals surface area (Å²) in [6.07, 6.45) is 1.74. The second-order valence-electron chi connectivity index (χ2n) is 4.73. The van der Waals surface area contributed by atoms with Crippen LogP contribution >= 0.6 is 11.6 Å². The maximum Gasteiger partial charge on any atom is 0.124 e. The van der Waals surface area contributed by atoms with Gasteiger partial charge in [-0.3, -0.25) is 10.8 Å². The zero-order valence-electron chi connectivity index (χ0n) is 11.1. The second kappa shape index (κ2) is 5.77. The maximum atomic E-state index is 13.2. The van der Waals surface area contributed by atoms with Gasteiger partial charge in [0, 0.05) is 16.6 Å². The van der Waals surface area contributed by atoms with E-state index < -0.39 is 0 Å². The van der Waals surface area contributed by atoms with Crippen molar-refractivity contribution in [2.45, 2.75) is 6.04 Å². The van der Waals surface area contributed by atoms with Gasteiger partial charge < -0.3 is 0 Å². The Bertz CT molecular complexity index is 791. The van der Waals surface area contributed by atoms with Crippen molar-refractivity contribution >= 4 is 22.5 Å². The van der Waals surface area contributed by atoms with Crippen LogP contribution in [0.1, 0.15) is 17.2 Å². The minimum Gasteiger partial charge on any atom is -0.271 e. The Morgan fingerprint density at radius 3 is 2.71 bits per heavy atom. The van der Waals surface area contributed by atoms with Crippen LogP contribution in [-0.2, 0) is 0 Å². The Kier molecular flexibility index (Phi) is 3.84. The van der Waals surface area contributed by atoms with Crippen molar-refractivity contribution in [3.8, 4) is 0 Å². The molecule has 1 unspecified atom stereocenters. The van der Waals surface area contributed by atoms with Gasteiger partial charge in [0.15, 0.2) is 0 Å². The Balaban J connectivity index is 2.09. The lowest BCUT2D eigenvalue weighted by Crippen LogP contribution is -2.29. The van der Waals surface area contributed by atoms with Crippen LogP contribution in [0.15, 0.2) is 54.7 Å². The van der Waals surface area contributed by atoms with Crippen LogP contribution in [0.3, 0.4) is 0 Å². The second-order valence-corrected chi connectivity index (χ2v) is 5.13. The van der Waals surface area contributed by atoms with Crippen molar-refractivity contribution in [3.63, 3.8) is 0 Å². The van der Waals surface area contributed by atoms with Gasteiger partial charge in [-0.15, -0.1) is 0 Å². The van der Waals surface area contributed by atoms with E-state index in [1.807, 2.05) is 30.3 Å². The molecule has 0 aliphatic heterocycles. The highest BCUT2D eigenvalue weighted by Crippen LogP contribution is 2.29. The van der Waals surface area contributed by atoms with Crippen molar-refractivity contribution in [1.29, 1.82) is 0 Å². The fraction of sp³-hybridized carbons (Fsp3) is 0.0625. The third-order valence-corrected chi connectivity index (χ3v) is 3.71. The predicted octanol–water partition coefficient (Wildman–Crippen LogP) is 3.58. The standard InChI is InChI=1S/C16H13ClFN3/c17-14-8-12(18)5-6-13(14)16(21-19)11-7-10-3-1-2-4-15(10)20-9-11/h1-9,16,21H,19H2. The lowest BCUT2D eigenvalue weighted by atomic mass is 9.99. The van der Waals surface area contributed by atoms with Gasteiger partial charge in [0.2, 0.25) is 0 Å². The van der Waals surface area contributed by atoms with Crippen molar-refractivity contribution in [1.82, 2.24) is 10.4 Å². The lowest BCUT2D eigenvalue weighted by molar-refractivity contribution is 0.615. The summed E-state index contributed by atoms with van der Waals surface area (Å²) in [7, 11) is 0. The lowest BCUT2D eigenvalue weighted by Gasteiger charge is -2.18. The number of aromatic nitrogens is 1. The smallest absolute Gasteiger partial charge is 0.124 e. The zero-order chi connectivity index (χ0) is 14.8. The SMILES string of the molecule is NNC(c1cnc2ccccc2c1)c1ccc(F)cc1Cl. The van der Waals surface area contributed by atoms with E-state index in [1.54, 1.807) is 12.3 Å². The van der Waals surface area contributed by atoms with Gasteiger partial charge in [0.1, 0.15) is 5.82 Å². The summed E-state index contributed by atoms with van der Waals surface area (Å²) in [6.45, 7) is 0. The average molecular weight is 302 g/mol. The molecule has 3 aromatic rings. The van der Waals surface area contributed by atoms with Gasteiger partial charge >= 0.3 is 0 Å². The fourth-order valence-corrected chi connectivity index (χ4v) is 2.62. The summed E-state index contributed by atoms with van der Waals surface area (Å²) >= 11 is 6.12. The third-order valence-electron chi connectivity index (χ3n) is 3.39. The monoisotopic (exact) mass is 301 g/mol. The number of hydrogen-bond donors (Lipinski definition) is 2. The first-order chi connectivity index (χ1) is 10.2. The predicted molar refractivity (Wildman–Crippen MR) is 82.3 cm³/mol. The molecule has 0 amide bonds. The van der Waals surface area contributed by atoms with E-state index in [4.69, 9.17) is 17.4 Å². The molecule has 1 aromatic heterocycles. The summed E-state index contributed by atoms with van der Waals surface area (Å²) in [5.74, 6) is 5.28. The first kappa shape index (κ1) is 13.9. The number of benzene rings is 2. The number of fused-ring (bicyclic) bond motifs is 1. The summed E-state index contributed by atoms with van der Waals surface area (Å²) < 4.78 is 13.2. The van der Waals surface area contributed by atoms with Crippen molar-refractivity contribution in [2.24, 2.45) is 5.84 Å². The first-order valence-electron chi connectivity index (χ1n) is 6.45. The molecule has 0 saturated heterocycles. The number of hydrogen-bond acceptors (Lipinski definition) is 3. The van der Waals surface area contributed by atoms with Crippen molar-refractivity contribution < 1.29 is 4.39 Å². The molecule has 0 aliphatic carbocycles. The molecule has 5 heteroatoms. The molecule has 1 heterocycles. The maximum absolute atomic E-state index is 13.2. The van der Waals surface area contributed by atoms with Crippen LogP contribution in [0, 0.1) is 5.82 Å². The Morgan fingerprint density at radius 1 is 1.14 bits per heavy atom. The molecule has 3 N–H and O–H groups in total. The molecule has 0 aliphatic rings. The van der Waals surface area contributed by atoms with Gasteiger partial charge in [-0.1, -0.05) is 35.9 Å². The molecule has 0 radical (unpaired) electrons. The largest absolute Gasteiger partial charge is 0.271 e. The van der Waals surface area contributed by atoms with Gasteiger partial charge in [-0.25, -0.2) is 9.82 Å². The quantitative estimate of drug-likeness (QED) is 0.574. The van der Waals surface area contributed by atoms with Gasteiger partial charge in [-0.05, 0) is 35.4 Å². The molecule has 21 heavy (non-hydrogen) atoms. The van der Waals surface area contributed by atoms with Gasteiger partial charge in [-0.2, -0.15) is 0 Å². The number of para-hydroxylation sites is 1. The van der Waals surface area contributed by atoms with E-state index >= 15 is 0 Å². The molecule has 0 bridgehead atoms. The number of pyridine rings is 1. The molecule has 0 saturated carbocycles. The topological polar surface area (TPSA) is 50.9 Å². The molecule has 3 nitrogen and oxygen atoms in total. The molecule has 3 rings (SSSR count). The highest BCUT2D eigenvalue weighted by molar-refractivity contribution is 6.31. The molecular formula is C16H13ClFN3. The zero-order valence-corrected chi connectivity index (χ0v) is 11.8. The van der Waals surface area contributed by atoms with Crippen LogP contribution in [0.2, 0.25) is 5.02 Å². The van der Waals surface area contributed by atoms with Crippen molar-refractivity contribution in [2.75, 3.05) is 0 Å². The minimum atomic E-state index is -0.379. The number of halogens is 2. The van der Waals surface area contributed by atoms with E-state index in [2.05, 4.69) is 10.4 Å². The highest BCUT2D eigenvalue weighted by atomic mass is 35.5. The summed E-state index contributed by atoms with van der Waals surface area (Å²) in [5.41, 5.74) is 5.19. The number of rotatable bonds is 3. The first-order valence-corrected chi connectivity index (χ1v) is 6.82. The van der Waals surface area contributed by atoms with Gasteiger partial charge in [0.05, 0.1) is 11.6 Å². The third kappa shape index (κ3) is 2.74. The number of hydrazine groups is 1. The van der Waals surface area contributed by atoms with E-state index in [0.29, 0.717) is 10.6 Å².